The molecule has 0 radical (unpaired) electrons. The first-order valence-electron chi connectivity index (χ1n) is 10.1. The molecule has 0 atom stereocenters. The molecular weight excluding hydrogens is 511 g/mol. The number of nitro groups is 1. The standard InChI is InChI=1S/C22H30N4O4.HI/c1-4-23-22(25-16-18-8-6-10-19(14-18)26(27)28)24-13-7-9-17-11-12-20(29-3)21(15-17)30-5-2;/h6,8,10-12,14-15H,4-5,7,9,13,16H2,1-3H3,(H2,23,24,25);1H. The van der Waals surface area contributed by atoms with Gasteiger partial charge in [-0.1, -0.05) is 18.2 Å². The van der Waals surface area contributed by atoms with Crippen LogP contribution >= 0.6 is 24.0 Å². The van der Waals surface area contributed by atoms with Crippen LogP contribution in [-0.4, -0.2) is 37.7 Å². The van der Waals surface area contributed by atoms with Crippen molar-refractivity contribution in [3.63, 3.8) is 0 Å². The Hall–Kier alpha value is -2.56. The summed E-state index contributed by atoms with van der Waals surface area (Å²) in [6.07, 6.45) is 1.81. The molecular formula is C22H31IN4O4. The Bertz CT molecular complexity index is 861. The molecule has 2 aromatic carbocycles. The van der Waals surface area contributed by atoms with Gasteiger partial charge in [0.15, 0.2) is 17.5 Å². The van der Waals surface area contributed by atoms with Crippen molar-refractivity contribution >= 4 is 35.6 Å². The number of hydrogen-bond donors (Lipinski definition) is 2. The average Bonchev–Trinajstić information content (AvgIpc) is 2.75. The Morgan fingerprint density at radius 3 is 2.58 bits per heavy atom. The number of rotatable bonds is 11. The van der Waals surface area contributed by atoms with Gasteiger partial charge in [-0.2, -0.15) is 0 Å². The van der Waals surface area contributed by atoms with Gasteiger partial charge in [0.05, 0.1) is 25.2 Å². The maximum Gasteiger partial charge on any atom is 0.269 e. The third-order valence-corrected chi connectivity index (χ3v) is 4.35. The molecule has 2 N–H and O–H groups in total. The van der Waals surface area contributed by atoms with Crippen molar-refractivity contribution in [1.82, 2.24) is 10.6 Å². The quantitative estimate of drug-likeness (QED) is 0.110. The fourth-order valence-corrected chi connectivity index (χ4v) is 2.92. The molecule has 2 aromatic rings. The van der Waals surface area contributed by atoms with Crippen LogP contribution in [0.15, 0.2) is 47.5 Å². The molecule has 2 rings (SSSR count). The minimum absolute atomic E-state index is 0. The minimum Gasteiger partial charge on any atom is -0.493 e. The third kappa shape index (κ3) is 8.99. The van der Waals surface area contributed by atoms with Gasteiger partial charge in [-0.05, 0) is 49.9 Å². The molecule has 0 fully saturated rings. The molecule has 0 heterocycles. The summed E-state index contributed by atoms with van der Waals surface area (Å²) in [5, 5.41) is 17.4. The van der Waals surface area contributed by atoms with E-state index in [2.05, 4.69) is 15.6 Å². The molecule has 0 saturated carbocycles. The fourth-order valence-electron chi connectivity index (χ4n) is 2.92. The monoisotopic (exact) mass is 542 g/mol. The van der Waals surface area contributed by atoms with Crippen LogP contribution in [0.25, 0.3) is 0 Å². The lowest BCUT2D eigenvalue weighted by atomic mass is 10.1. The van der Waals surface area contributed by atoms with E-state index >= 15 is 0 Å². The van der Waals surface area contributed by atoms with Gasteiger partial charge in [0.25, 0.3) is 5.69 Å². The van der Waals surface area contributed by atoms with Crippen LogP contribution in [0.1, 0.15) is 31.4 Å². The molecule has 0 spiro atoms. The van der Waals surface area contributed by atoms with E-state index in [4.69, 9.17) is 9.47 Å². The lowest BCUT2D eigenvalue weighted by molar-refractivity contribution is -0.384. The van der Waals surface area contributed by atoms with Gasteiger partial charge in [0, 0.05) is 25.2 Å². The van der Waals surface area contributed by atoms with Crippen molar-refractivity contribution in [2.75, 3.05) is 26.8 Å². The summed E-state index contributed by atoms with van der Waals surface area (Å²) in [7, 11) is 1.64. The highest BCUT2D eigenvalue weighted by Gasteiger charge is 2.07. The molecule has 0 aliphatic carbocycles. The zero-order valence-electron chi connectivity index (χ0n) is 18.2. The van der Waals surface area contributed by atoms with E-state index in [0.717, 1.165) is 43.0 Å². The fraction of sp³-hybridized carbons (Fsp3) is 0.409. The second kappa shape index (κ2) is 14.4. The lowest BCUT2D eigenvalue weighted by Crippen LogP contribution is -2.37. The molecule has 170 valence electrons. The predicted molar refractivity (Wildman–Crippen MR) is 134 cm³/mol. The molecule has 0 bridgehead atoms. The first-order valence-corrected chi connectivity index (χ1v) is 10.1. The van der Waals surface area contributed by atoms with Crippen molar-refractivity contribution in [3.8, 4) is 11.5 Å². The van der Waals surface area contributed by atoms with Crippen LogP contribution in [-0.2, 0) is 13.0 Å². The summed E-state index contributed by atoms with van der Waals surface area (Å²) in [6, 6.07) is 12.5. The van der Waals surface area contributed by atoms with E-state index in [1.54, 1.807) is 19.2 Å². The lowest BCUT2D eigenvalue weighted by Gasteiger charge is -2.13. The number of aliphatic imine (C=N–C) groups is 1. The van der Waals surface area contributed by atoms with E-state index in [0.29, 0.717) is 19.1 Å². The number of ether oxygens (including phenoxy) is 2. The third-order valence-electron chi connectivity index (χ3n) is 4.35. The van der Waals surface area contributed by atoms with Crippen molar-refractivity contribution in [1.29, 1.82) is 0 Å². The number of methoxy groups -OCH3 is 1. The van der Waals surface area contributed by atoms with Crippen molar-refractivity contribution in [3.05, 3.63) is 63.7 Å². The first-order chi connectivity index (χ1) is 14.6. The highest BCUT2D eigenvalue weighted by molar-refractivity contribution is 14.0. The molecule has 31 heavy (non-hydrogen) atoms. The second-order valence-electron chi connectivity index (χ2n) is 6.57. The topological polar surface area (TPSA) is 98.0 Å². The summed E-state index contributed by atoms with van der Waals surface area (Å²) in [4.78, 5) is 15.0. The van der Waals surface area contributed by atoms with Gasteiger partial charge in [0.1, 0.15) is 0 Å². The van der Waals surface area contributed by atoms with Gasteiger partial charge in [0.2, 0.25) is 0 Å². The zero-order chi connectivity index (χ0) is 21.8. The highest BCUT2D eigenvalue weighted by Crippen LogP contribution is 2.28. The van der Waals surface area contributed by atoms with Crippen LogP contribution in [0.5, 0.6) is 11.5 Å². The number of aryl methyl sites for hydroxylation is 1. The molecule has 9 heteroatoms. The summed E-state index contributed by atoms with van der Waals surface area (Å²) in [5.74, 6) is 2.19. The summed E-state index contributed by atoms with van der Waals surface area (Å²) >= 11 is 0. The first kappa shape index (κ1) is 26.5. The Kier molecular flexibility index (Phi) is 12.3. The zero-order valence-corrected chi connectivity index (χ0v) is 20.6. The van der Waals surface area contributed by atoms with E-state index in [1.807, 2.05) is 38.1 Å². The molecule has 8 nitrogen and oxygen atoms in total. The largest absolute Gasteiger partial charge is 0.493 e. The minimum atomic E-state index is -0.396. The number of nitrogens with zero attached hydrogens (tertiary/aromatic N) is 2. The number of benzene rings is 2. The maximum absolute atomic E-state index is 10.9. The Morgan fingerprint density at radius 2 is 1.90 bits per heavy atom. The number of nitro benzene ring substituents is 1. The van der Waals surface area contributed by atoms with E-state index in [1.165, 1.54) is 11.6 Å². The van der Waals surface area contributed by atoms with Crippen molar-refractivity contribution in [2.24, 2.45) is 4.99 Å². The number of hydrogen-bond acceptors (Lipinski definition) is 5. The summed E-state index contributed by atoms with van der Waals surface area (Å²) < 4.78 is 11.0. The normalized spacial score (nSPS) is 10.7. The number of non-ortho nitro benzene ring substituents is 1. The van der Waals surface area contributed by atoms with E-state index in [9.17, 15) is 10.1 Å². The summed E-state index contributed by atoms with van der Waals surface area (Å²) in [5.41, 5.74) is 2.05. The van der Waals surface area contributed by atoms with Gasteiger partial charge in [-0.3, -0.25) is 10.1 Å². The smallest absolute Gasteiger partial charge is 0.269 e. The number of guanidine groups is 1. The Morgan fingerprint density at radius 1 is 1.10 bits per heavy atom. The SMILES string of the molecule is CCNC(=NCc1cccc([N+](=O)[O-])c1)NCCCc1ccc(OC)c(OCC)c1.I. The molecule has 0 amide bonds. The molecule has 0 aliphatic heterocycles. The van der Waals surface area contributed by atoms with E-state index < -0.39 is 4.92 Å². The molecule has 0 unspecified atom stereocenters. The highest BCUT2D eigenvalue weighted by atomic mass is 127. The Labute approximate surface area is 200 Å². The Balaban J connectivity index is 0.00000480. The van der Waals surface area contributed by atoms with Gasteiger partial charge >= 0.3 is 0 Å². The summed E-state index contributed by atoms with van der Waals surface area (Å²) in [6.45, 7) is 6.39. The predicted octanol–water partition coefficient (Wildman–Crippen LogP) is 4.31. The second-order valence-corrected chi connectivity index (χ2v) is 6.57. The van der Waals surface area contributed by atoms with Crippen LogP contribution in [0.3, 0.4) is 0 Å². The number of nitrogens with one attached hydrogen (secondary N) is 2. The number of halogens is 1. The van der Waals surface area contributed by atoms with Crippen molar-refractivity contribution < 1.29 is 14.4 Å². The van der Waals surface area contributed by atoms with Gasteiger partial charge in [-0.15, -0.1) is 24.0 Å². The molecule has 0 aliphatic rings. The van der Waals surface area contributed by atoms with Gasteiger partial charge in [-0.25, -0.2) is 4.99 Å². The van der Waals surface area contributed by atoms with Crippen LogP contribution < -0.4 is 20.1 Å². The average molecular weight is 542 g/mol. The van der Waals surface area contributed by atoms with E-state index in [-0.39, 0.29) is 29.7 Å². The van der Waals surface area contributed by atoms with Crippen LogP contribution in [0.4, 0.5) is 5.69 Å². The van der Waals surface area contributed by atoms with Crippen LogP contribution in [0.2, 0.25) is 0 Å². The van der Waals surface area contributed by atoms with Gasteiger partial charge < -0.3 is 20.1 Å². The molecule has 0 saturated heterocycles. The van der Waals surface area contributed by atoms with Crippen molar-refractivity contribution in [2.45, 2.75) is 33.2 Å². The molecule has 0 aromatic heterocycles. The maximum atomic E-state index is 10.9. The van der Waals surface area contributed by atoms with Crippen LogP contribution in [0, 0.1) is 10.1 Å².